The molecule has 120 valence electrons. The minimum absolute atomic E-state index is 0.277. The van der Waals surface area contributed by atoms with E-state index in [0.717, 1.165) is 12.9 Å². The molecule has 1 fully saturated rings. The minimum atomic E-state index is -1.65. The second-order valence-electron chi connectivity index (χ2n) is 7.69. The average molecular weight is 309 g/mol. The molecule has 2 atom stereocenters. The lowest BCUT2D eigenvalue weighted by Crippen LogP contribution is -2.42. The lowest BCUT2D eigenvalue weighted by Gasteiger charge is -2.39. The smallest absolute Gasteiger partial charge is 0.191 e. The van der Waals surface area contributed by atoms with Gasteiger partial charge in [-0.15, -0.1) is 0 Å². The molecule has 1 rings (SSSR count). The summed E-state index contributed by atoms with van der Waals surface area (Å²) in [5, 5.41) is 0.277. The molecule has 0 spiro atoms. The van der Waals surface area contributed by atoms with Crippen LogP contribution >= 0.6 is 0 Å². The molecular formula is C18H32O2Si. The average Bonchev–Trinajstić information content (AvgIpc) is 2.41. The predicted molar refractivity (Wildman–Crippen MR) is 92.9 cm³/mol. The van der Waals surface area contributed by atoms with Gasteiger partial charge in [0.25, 0.3) is 0 Å². The SMILES string of the molecule is CC(C)(C)[Si](C)(C)OC[C@@H]1CCCC[C@@H]1/C=C/C=C/C=O. The van der Waals surface area contributed by atoms with Gasteiger partial charge in [0.15, 0.2) is 8.32 Å². The number of carbonyl (C=O) groups excluding carboxylic acids is 1. The quantitative estimate of drug-likeness (QED) is 0.294. The maximum absolute atomic E-state index is 10.3. The van der Waals surface area contributed by atoms with Gasteiger partial charge in [0.05, 0.1) is 0 Å². The van der Waals surface area contributed by atoms with Crippen molar-refractivity contribution in [1.29, 1.82) is 0 Å². The summed E-state index contributed by atoms with van der Waals surface area (Å²) in [6.45, 7) is 12.4. The maximum Gasteiger partial charge on any atom is 0.191 e. The Morgan fingerprint density at radius 3 is 2.38 bits per heavy atom. The summed E-state index contributed by atoms with van der Waals surface area (Å²) in [5.74, 6) is 1.23. The Labute approximate surface area is 131 Å². The first-order valence-corrected chi connectivity index (χ1v) is 11.1. The molecule has 3 heteroatoms. The summed E-state index contributed by atoms with van der Waals surface area (Å²) in [4.78, 5) is 10.3. The number of carbonyl (C=O) groups is 1. The Hall–Kier alpha value is -0.673. The highest BCUT2D eigenvalue weighted by Crippen LogP contribution is 2.38. The van der Waals surface area contributed by atoms with Crippen LogP contribution in [0.1, 0.15) is 46.5 Å². The zero-order valence-corrected chi connectivity index (χ0v) is 15.4. The van der Waals surface area contributed by atoms with E-state index in [0.29, 0.717) is 11.8 Å². The summed E-state index contributed by atoms with van der Waals surface area (Å²) in [6, 6.07) is 0. The number of hydrogen-bond acceptors (Lipinski definition) is 2. The van der Waals surface area contributed by atoms with E-state index in [9.17, 15) is 4.79 Å². The van der Waals surface area contributed by atoms with Crippen molar-refractivity contribution >= 4 is 14.6 Å². The van der Waals surface area contributed by atoms with E-state index in [1.54, 1.807) is 6.08 Å². The second-order valence-corrected chi connectivity index (χ2v) is 12.5. The third kappa shape index (κ3) is 5.91. The Morgan fingerprint density at radius 1 is 1.10 bits per heavy atom. The first-order valence-electron chi connectivity index (χ1n) is 8.20. The van der Waals surface area contributed by atoms with Gasteiger partial charge >= 0.3 is 0 Å². The van der Waals surface area contributed by atoms with Crippen molar-refractivity contribution in [2.75, 3.05) is 6.61 Å². The molecule has 0 unspecified atom stereocenters. The van der Waals surface area contributed by atoms with Crippen LogP contribution in [0.2, 0.25) is 18.1 Å². The van der Waals surface area contributed by atoms with E-state index >= 15 is 0 Å². The molecule has 2 nitrogen and oxygen atoms in total. The van der Waals surface area contributed by atoms with Gasteiger partial charge in [-0.25, -0.2) is 0 Å². The van der Waals surface area contributed by atoms with Gasteiger partial charge in [-0.3, -0.25) is 4.79 Å². The van der Waals surface area contributed by atoms with E-state index in [1.807, 2.05) is 12.2 Å². The van der Waals surface area contributed by atoms with E-state index < -0.39 is 8.32 Å². The van der Waals surface area contributed by atoms with Crippen molar-refractivity contribution in [3.8, 4) is 0 Å². The standard InChI is InChI=1S/C18H32O2Si/c1-18(2,3)21(4,5)20-15-17-13-9-8-12-16(17)11-7-6-10-14-19/h6-7,10-11,14,16-17H,8-9,12-13,15H2,1-5H3/b10-6+,11-7+/t16-,17-/m0/s1. The van der Waals surface area contributed by atoms with Crippen LogP contribution < -0.4 is 0 Å². The van der Waals surface area contributed by atoms with Crippen molar-refractivity contribution in [2.24, 2.45) is 11.8 Å². The largest absolute Gasteiger partial charge is 0.417 e. The van der Waals surface area contributed by atoms with Gasteiger partial charge < -0.3 is 4.43 Å². The minimum Gasteiger partial charge on any atom is -0.417 e. The number of allylic oxidation sites excluding steroid dienone is 4. The highest BCUT2D eigenvalue weighted by atomic mass is 28.4. The van der Waals surface area contributed by atoms with Crippen LogP contribution in [0.3, 0.4) is 0 Å². The number of rotatable bonds is 6. The van der Waals surface area contributed by atoms with Gasteiger partial charge in [0.1, 0.15) is 6.29 Å². The lowest BCUT2D eigenvalue weighted by atomic mass is 9.79. The molecule has 0 aliphatic heterocycles. The van der Waals surface area contributed by atoms with Crippen molar-refractivity contribution in [1.82, 2.24) is 0 Å². The van der Waals surface area contributed by atoms with E-state index in [-0.39, 0.29) is 5.04 Å². The van der Waals surface area contributed by atoms with Gasteiger partial charge in [-0.05, 0) is 48.9 Å². The molecule has 1 aliphatic carbocycles. The molecule has 0 bridgehead atoms. The molecule has 21 heavy (non-hydrogen) atoms. The van der Waals surface area contributed by atoms with Crippen LogP contribution in [0.25, 0.3) is 0 Å². The van der Waals surface area contributed by atoms with Crippen molar-refractivity contribution < 1.29 is 9.22 Å². The zero-order chi connectivity index (χ0) is 15.9. The molecule has 1 saturated carbocycles. The van der Waals surface area contributed by atoms with Crippen LogP contribution in [0.15, 0.2) is 24.3 Å². The molecule has 0 amide bonds. The van der Waals surface area contributed by atoms with Crippen LogP contribution in [0.4, 0.5) is 0 Å². The second kappa shape index (κ2) is 8.09. The van der Waals surface area contributed by atoms with Crippen molar-refractivity contribution in [3.05, 3.63) is 24.3 Å². The Bertz CT molecular complexity index is 377. The van der Waals surface area contributed by atoms with E-state index in [1.165, 1.54) is 25.7 Å². The predicted octanol–water partition coefficient (Wildman–Crippen LogP) is 5.13. The van der Waals surface area contributed by atoms with Gasteiger partial charge in [0, 0.05) is 6.61 Å². The van der Waals surface area contributed by atoms with Crippen LogP contribution in [-0.4, -0.2) is 21.2 Å². The molecular weight excluding hydrogens is 276 g/mol. The van der Waals surface area contributed by atoms with Crippen LogP contribution in [-0.2, 0) is 9.22 Å². The summed E-state index contributed by atoms with van der Waals surface area (Å²) >= 11 is 0. The fourth-order valence-electron chi connectivity index (χ4n) is 2.54. The molecule has 0 saturated heterocycles. The summed E-state index contributed by atoms with van der Waals surface area (Å²) in [5.41, 5.74) is 0. The van der Waals surface area contributed by atoms with Crippen molar-refractivity contribution in [2.45, 2.75) is 64.6 Å². The fraction of sp³-hybridized carbons (Fsp3) is 0.722. The molecule has 0 radical (unpaired) electrons. The van der Waals surface area contributed by atoms with Gasteiger partial charge in [0.2, 0.25) is 0 Å². The Morgan fingerprint density at radius 2 is 1.76 bits per heavy atom. The Kier molecular flexibility index (Phi) is 7.08. The third-order valence-corrected chi connectivity index (χ3v) is 9.59. The van der Waals surface area contributed by atoms with Gasteiger partial charge in [-0.2, -0.15) is 0 Å². The molecule has 0 heterocycles. The third-order valence-electron chi connectivity index (χ3n) is 5.09. The molecule has 0 aromatic heterocycles. The lowest BCUT2D eigenvalue weighted by molar-refractivity contribution is -0.104. The molecule has 0 aromatic rings. The summed E-state index contributed by atoms with van der Waals surface area (Å²) < 4.78 is 6.42. The highest BCUT2D eigenvalue weighted by molar-refractivity contribution is 6.74. The van der Waals surface area contributed by atoms with Gasteiger partial charge in [-0.1, -0.05) is 51.8 Å². The maximum atomic E-state index is 10.3. The van der Waals surface area contributed by atoms with E-state index in [2.05, 4.69) is 39.9 Å². The molecule has 0 aromatic carbocycles. The number of hydrogen-bond donors (Lipinski definition) is 0. The highest BCUT2D eigenvalue weighted by Gasteiger charge is 2.38. The normalized spacial score (nSPS) is 24.8. The monoisotopic (exact) mass is 308 g/mol. The van der Waals surface area contributed by atoms with Crippen LogP contribution in [0, 0.1) is 11.8 Å². The molecule has 1 aliphatic rings. The topological polar surface area (TPSA) is 26.3 Å². The zero-order valence-electron chi connectivity index (χ0n) is 14.4. The Balaban J connectivity index is 2.60. The number of aldehydes is 1. The molecule has 0 N–H and O–H groups in total. The first-order chi connectivity index (χ1) is 9.78. The first kappa shape index (κ1) is 18.4. The van der Waals surface area contributed by atoms with Crippen molar-refractivity contribution in [3.63, 3.8) is 0 Å². The summed E-state index contributed by atoms with van der Waals surface area (Å²) in [7, 11) is -1.65. The van der Waals surface area contributed by atoms with Crippen LogP contribution in [0.5, 0.6) is 0 Å². The van der Waals surface area contributed by atoms with E-state index in [4.69, 9.17) is 4.43 Å². The fourth-order valence-corrected chi connectivity index (χ4v) is 3.61. The summed E-state index contributed by atoms with van der Waals surface area (Å²) in [6.07, 6.45) is 13.6.